The molecule has 0 unspecified atom stereocenters. The van der Waals surface area contributed by atoms with E-state index in [1.807, 2.05) is 0 Å². The van der Waals surface area contributed by atoms with Crippen LogP contribution >= 0.6 is 31.9 Å². The van der Waals surface area contributed by atoms with Crippen LogP contribution in [0.2, 0.25) is 0 Å². The van der Waals surface area contributed by atoms with Gasteiger partial charge in [0, 0.05) is 0 Å². The van der Waals surface area contributed by atoms with Crippen molar-refractivity contribution in [2.45, 2.75) is 21.9 Å². The van der Waals surface area contributed by atoms with Crippen molar-refractivity contribution in [2.24, 2.45) is 11.8 Å². The quantitative estimate of drug-likeness (QED) is 0.372. The highest BCUT2D eigenvalue weighted by Crippen LogP contribution is 2.52. The maximum atomic E-state index is 11.3. The minimum absolute atomic E-state index is 0.0761. The number of carbonyl (C=O) groups excluding carboxylic acids is 2. The number of halogens is 2. The molecular formula is C8H6Br2O4. The van der Waals surface area contributed by atoms with Crippen LogP contribution in [0.25, 0.3) is 0 Å². The van der Waals surface area contributed by atoms with Crippen LogP contribution in [0.3, 0.4) is 0 Å². The summed E-state index contributed by atoms with van der Waals surface area (Å²) in [6, 6.07) is 0. The van der Waals surface area contributed by atoms with E-state index < -0.39 is 23.8 Å². The van der Waals surface area contributed by atoms with Gasteiger partial charge in [0.2, 0.25) is 0 Å². The molecule has 76 valence electrons. The molecule has 0 radical (unpaired) electrons. The molecule has 0 aromatic carbocycles. The van der Waals surface area contributed by atoms with Crippen LogP contribution in [0, 0.1) is 11.8 Å². The molecule has 6 heteroatoms. The molecular weight excluding hydrogens is 320 g/mol. The molecule has 0 spiro atoms. The number of ether oxygens (including phenoxy) is 2. The van der Waals surface area contributed by atoms with Gasteiger partial charge in [-0.05, 0) is 0 Å². The summed E-state index contributed by atoms with van der Waals surface area (Å²) in [5, 5.41) is 0. The number of rotatable bonds is 0. The van der Waals surface area contributed by atoms with Gasteiger partial charge in [-0.3, -0.25) is 9.59 Å². The van der Waals surface area contributed by atoms with E-state index in [-0.39, 0.29) is 21.9 Å². The molecule has 0 aromatic rings. The minimum atomic E-state index is -0.434. The number of esters is 2. The molecule has 14 heavy (non-hydrogen) atoms. The third-order valence-electron chi connectivity index (χ3n) is 3.09. The molecule has 3 saturated heterocycles. The van der Waals surface area contributed by atoms with Crippen molar-refractivity contribution in [1.29, 1.82) is 0 Å². The molecule has 6 atom stereocenters. The van der Waals surface area contributed by atoms with Gasteiger partial charge in [0.25, 0.3) is 0 Å². The minimum Gasteiger partial charge on any atom is -0.393 e. The van der Waals surface area contributed by atoms with E-state index in [2.05, 4.69) is 36.6 Å². The predicted octanol–water partition coefficient (Wildman–Crippen LogP) is 0.610. The lowest BCUT2D eigenvalue weighted by Gasteiger charge is -2.23. The Bertz CT molecular complexity index is 301. The van der Waals surface area contributed by atoms with Crippen molar-refractivity contribution >= 4 is 43.8 Å². The number of fused-ring (bicyclic) bond motifs is 5. The summed E-state index contributed by atoms with van der Waals surface area (Å²) in [5.74, 6) is -1.66. The highest BCUT2D eigenvalue weighted by Gasteiger charge is 2.67. The Kier molecular flexibility index (Phi) is 1.86. The lowest BCUT2D eigenvalue weighted by atomic mass is 9.81. The monoisotopic (exact) mass is 324 g/mol. The van der Waals surface area contributed by atoms with Gasteiger partial charge in [0.05, 0.1) is 21.9 Å². The van der Waals surface area contributed by atoms with E-state index >= 15 is 0 Å². The largest absolute Gasteiger partial charge is 0.393 e. The first-order valence-electron chi connectivity index (χ1n) is 4.30. The number of carbonyl (C=O) groups is 2. The van der Waals surface area contributed by atoms with E-state index in [1.165, 1.54) is 0 Å². The van der Waals surface area contributed by atoms with Gasteiger partial charge in [-0.15, -0.1) is 0 Å². The average molecular weight is 326 g/mol. The van der Waals surface area contributed by atoms with Crippen molar-refractivity contribution < 1.29 is 19.1 Å². The highest BCUT2D eigenvalue weighted by molar-refractivity contribution is 9.12. The first-order chi connectivity index (χ1) is 6.61. The van der Waals surface area contributed by atoms with E-state index in [0.717, 1.165) is 0 Å². The molecule has 0 saturated carbocycles. The second-order valence-corrected chi connectivity index (χ2v) is 5.86. The lowest BCUT2D eigenvalue weighted by molar-refractivity contribution is -0.156. The summed E-state index contributed by atoms with van der Waals surface area (Å²) in [7, 11) is 0. The van der Waals surface area contributed by atoms with Crippen LogP contribution in [-0.2, 0) is 19.1 Å². The third-order valence-corrected chi connectivity index (χ3v) is 5.98. The van der Waals surface area contributed by atoms with Crippen LogP contribution in [0.15, 0.2) is 0 Å². The molecule has 3 fully saturated rings. The fraction of sp³-hybridized carbons (Fsp3) is 0.750. The molecule has 0 aromatic heterocycles. The topological polar surface area (TPSA) is 52.6 Å². The number of cyclic esters (lactones) is 2. The van der Waals surface area contributed by atoms with Gasteiger partial charge in [0.15, 0.2) is 0 Å². The average Bonchev–Trinajstić information content (AvgIpc) is 2.71. The molecule has 0 aliphatic carbocycles. The smallest absolute Gasteiger partial charge is 0.320 e. The van der Waals surface area contributed by atoms with Crippen LogP contribution in [0.4, 0.5) is 0 Å². The number of hydrogen-bond donors (Lipinski definition) is 0. The summed E-state index contributed by atoms with van der Waals surface area (Å²) in [6.07, 6.45) is -0.457. The Balaban J connectivity index is 2.01. The van der Waals surface area contributed by atoms with Gasteiger partial charge in [-0.25, -0.2) is 0 Å². The normalized spacial score (nSPS) is 55.0. The third kappa shape index (κ3) is 0.919. The van der Waals surface area contributed by atoms with Gasteiger partial charge < -0.3 is 9.47 Å². The zero-order valence-electron chi connectivity index (χ0n) is 6.85. The van der Waals surface area contributed by atoms with E-state index in [0.29, 0.717) is 0 Å². The summed E-state index contributed by atoms with van der Waals surface area (Å²) < 4.78 is 10.2. The van der Waals surface area contributed by atoms with Crippen LogP contribution in [0.1, 0.15) is 0 Å². The Labute approximate surface area is 96.6 Å². The van der Waals surface area contributed by atoms with E-state index in [4.69, 9.17) is 4.74 Å². The molecule has 0 N–H and O–H groups in total. The molecule has 3 rings (SSSR count). The van der Waals surface area contributed by atoms with E-state index in [9.17, 15) is 9.59 Å². The van der Waals surface area contributed by atoms with Crippen LogP contribution < -0.4 is 0 Å². The first kappa shape index (κ1) is 9.30. The zero-order chi connectivity index (χ0) is 10.0. The van der Waals surface area contributed by atoms with Crippen molar-refractivity contribution in [3.05, 3.63) is 0 Å². The second-order valence-electron chi connectivity index (χ2n) is 3.75. The lowest BCUT2D eigenvalue weighted by Crippen LogP contribution is -2.42. The molecule has 3 heterocycles. The fourth-order valence-corrected chi connectivity index (χ4v) is 3.97. The van der Waals surface area contributed by atoms with E-state index in [1.54, 1.807) is 0 Å². The van der Waals surface area contributed by atoms with Gasteiger partial charge in [-0.1, -0.05) is 31.9 Å². The Morgan fingerprint density at radius 1 is 0.929 bits per heavy atom. The first-order valence-corrected chi connectivity index (χ1v) is 6.13. The number of hydrogen-bond acceptors (Lipinski definition) is 4. The Hall–Kier alpha value is 0.0600. The van der Waals surface area contributed by atoms with Crippen LogP contribution in [-0.4, -0.2) is 33.8 Å². The Morgan fingerprint density at radius 3 is 1.79 bits per heavy atom. The highest BCUT2D eigenvalue weighted by atomic mass is 79.9. The SMILES string of the molecule is O=C1OC(=O)[C@H]2[C@H]3O[C@H]([C@@H](Br)[C@H]3Br)[C@@H]12. The summed E-state index contributed by atoms with van der Waals surface area (Å²) in [4.78, 5) is 22.9. The summed E-state index contributed by atoms with van der Waals surface area (Å²) in [6.45, 7) is 0. The molecule has 3 aliphatic rings. The van der Waals surface area contributed by atoms with Crippen molar-refractivity contribution in [2.75, 3.05) is 0 Å². The molecule has 2 bridgehead atoms. The number of alkyl halides is 2. The van der Waals surface area contributed by atoms with Gasteiger partial charge >= 0.3 is 11.9 Å². The van der Waals surface area contributed by atoms with Gasteiger partial charge in [0.1, 0.15) is 11.8 Å². The van der Waals surface area contributed by atoms with Crippen LogP contribution in [0.5, 0.6) is 0 Å². The van der Waals surface area contributed by atoms with Crippen molar-refractivity contribution in [3.8, 4) is 0 Å². The van der Waals surface area contributed by atoms with Gasteiger partial charge in [-0.2, -0.15) is 0 Å². The zero-order valence-corrected chi connectivity index (χ0v) is 10.0. The molecule has 4 nitrogen and oxygen atoms in total. The fourth-order valence-electron chi connectivity index (χ4n) is 2.46. The van der Waals surface area contributed by atoms with Crippen molar-refractivity contribution in [1.82, 2.24) is 0 Å². The maximum Gasteiger partial charge on any atom is 0.320 e. The second kappa shape index (κ2) is 2.80. The Morgan fingerprint density at radius 2 is 1.36 bits per heavy atom. The molecule has 3 aliphatic heterocycles. The predicted molar refractivity (Wildman–Crippen MR) is 52.2 cm³/mol. The maximum absolute atomic E-state index is 11.3. The molecule has 0 amide bonds. The summed E-state index contributed by atoms with van der Waals surface area (Å²) >= 11 is 6.91. The summed E-state index contributed by atoms with van der Waals surface area (Å²) in [5.41, 5.74) is 0. The van der Waals surface area contributed by atoms with Crippen molar-refractivity contribution in [3.63, 3.8) is 0 Å². The standard InChI is InChI=1S/C8H6Br2O4/c9-3-4(10)6-2-1(5(3)13-6)7(11)14-8(2)12/h1-6H/t1-,2+,3-,4+,5-,6+.